The number of carbonyl (C=O) groups is 1. The molecule has 18 heavy (non-hydrogen) atoms. The molecule has 4 heteroatoms. The lowest BCUT2D eigenvalue weighted by Gasteiger charge is -2.04. The van der Waals surface area contributed by atoms with E-state index in [1.54, 1.807) is 18.3 Å². The highest BCUT2D eigenvalue weighted by Crippen LogP contribution is 2.11. The minimum atomic E-state index is 0.0506. The summed E-state index contributed by atoms with van der Waals surface area (Å²) >= 11 is 5.67. The molecule has 1 amide bonds. The number of hydrogen-bond acceptors (Lipinski definition) is 2. The van der Waals surface area contributed by atoms with Crippen LogP contribution in [-0.4, -0.2) is 10.9 Å². The number of carbonyl (C=O) groups excluding carboxylic acids is 1. The van der Waals surface area contributed by atoms with Crippen LogP contribution in [0.3, 0.4) is 0 Å². The van der Waals surface area contributed by atoms with Gasteiger partial charge in [-0.3, -0.25) is 4.79 Å². The van der Waals surface area contributed by atoms with Gasteiger partial charge >= 0.3 is 0 Å². The summed E-state index contributed by atoms with van der Waals surface area (Å²) in [6.07, 6.45) is 9.29. The Morgan fingerprint density at radius 2 is 1.94 bits per heavy atom. The smallest absolute Gasteiger partial charge is 0.224 e. The van der Waals surface area contributed by atoms with Crippen molar-refractivity contribution in [1.82, 2.24) is 4.98 Å². The van der Waals surface area contributed by atoms with Crippen molar-refractivity contribution in [2.24, 2.45) is 0 Å². The van der Waals surface area contributed by atoms with Crippen molar-refractivity contribution in [3.05, 3.63) is 23.5 Å². The average Bonchev–Trinajstić information content (AvgIpc) is 2.36. The molecule has 0 radical (unpaired) electrons. The van der Waals surface area contributed by atoms with Crippen molar-refractivity contribution >= 4 is 23.2 Å². The van der Waals surface area contributed by atoms with Gasteiger partial charge < -0.3 is 5.32 Å². The first-order valence-electron chi connectivity index (χ1n) is 6.63. The summed E-state index contributed by atoms with van der Waals surface area (Å²) in [6.45, 7) is 2.20. The quantitative estimate of drug-likeness (QED) is 0.560. The average molecular weight is 269 g/mol. The highest BCUT2D eigenvalue weighted by molar-refractivity contribution is 6.29. The van der Waals surface area contributed by atoms with Crippen LogP contribution >= 0.6 is 11.6 Å². The van der Waals surface area contributed by atoms with Crippen molar-refractivity contribution in [3.8, 4) is 0 Å². The van der Waals surface area contributed by atoms with E-state index in [1.165, 1.54) is 25.7 Å². The van der Waals surface area contributed by atoms with E-state index in [2.05, 4.69) is 17.2 Å². The van der Waals surface area contributed by atoms with E-state index in [1.807, 2.05) is 0 Å². The molecule has 100 valence electrons. The first kappa shape index (κ1) is 15.0. The monoisotopic (exact) mass is 268 g/mol. The summed E-state index contributed by atoms with van der Waals surface area (Å²) in [5.74, 6) is 0.0506. The van der Waals surface area contributed by atoms with Crippen LogP contribution in [0.2, 0.25) is 5.15 Å². The summed E-state index contributed by atoms with van der Waals surface area (Å²) in [7, 11) is 0. The number of amides is 1. The Morgan fingerprint density at radius 1 is 1.22 bits per heavy atom. The molecule has 1 aromatic rings. The van der Waals surface area contributed by atoms with Crippen molar-refractivity contribution in [2.45, 2.75) is 51.9 Å². The fourth-order valence-corrected chi connectivity index (χ4v) is 1.85. The van der Waals surface area contributed by atoms with Gasteiger partial charge in [0.2, 0.25) is 5.91 Å². The summed E-state index contributed by atoms with van der Waals surface area (Å²) < 4.78 is 0. The molecule has 1 rings (SSSR count). The van der Waals surface area contributed by atoms with E-state index in [-0.39, 0.29) is 5.91 Å². The first-order valence-corrected chi connectivity index (χ1v) is 7.01. The van der Waals surface area contributed by atoms with Crippen LogP contribution in [0.25, 0.3) is 0 Å². The third kappa shape index (κ3) is 6.60. The zero-order chi connectivity index (χ0) is 13.2. The topological polar surface area (TPSA) is 42.0 Å². The zero-order valence-corrected chi connectivity index (χ0v) is 11.7. The molecule has 0 unspecified atom stereocenters. The van der Waals surface area contributed by atoms with Gasteiger partial charge in [0.1, 0.15) is 5.15 Å². The molecule has 0 aliphatic rings. The van der Waals surface area contributed by atoms with Crippen LogP contribution in [0.1, 0.15) is 51.9 Å². The Morgan fingerprint density at radius 3 is 2.61 bits per heavy atom. The van der Waals surface area contributed by atoms with Gasteiger partial charge in [-0.1, -0.05) is 50.6 Å². The molecule has 3 nitrogen and oxygen atoms in total. The lowest BCUT2D eigenvalue weighted by atomic mass is 10.1. The molecule has 0 aromatic carbocycles. The lowest BCUT2D eigenvalue weighted by Crippen LogP contribution is -2.11. The number of pyridine rings is 1. The normalized spacial score (nSPS) is 10.3. The van der Waals surface area contributed by atoms with E-state index in [4.69, 9.17) is 11.6 Å². The predicted molar refractivity (Wildman–Crippen MR) is 75.9 cm³/mol. The maximum Gasteiger partial charge on any atom is 0.224 e. The van der Waals surface area contributed by atoms with Crippen molar-refractivity contribution < 1.29 is 4.79 Å². The summed E-state index contributed by atoms with van der Waals surface area (Å²) in [6, 6.07) is 3.43. The second kappa shape index (κ2) is 8.92. The number of hydrogen-bond donors (Lipinski definition) is 1. The molecule has 0 aliphatic carbocycles. The van der Waals surface area contributed by atoms with Gasteiger partial charge in [0.25, 0.3) is 0 Å². The van der Waals surface area contributed by atoms with Crippen molar-refractivity contribution in [3.63, 3.8) is 0 Å². The fraction of sp³-hybridized carbons (Fsp3) is 0.571. The Kier molecular flexibility index (Phi) is 7.42. The molecule has 0 atom stereocenters. The lowest BCUT2D eigenvalue weighted by molar-refractivity contribution is -0.116. The number of nitrogens with zero attached hydrogens (tertiary/aromatic N) is 1. The van der Waals surface area contributed by atoms with Crippen LogP contribution in [-0.2, 0) is 4.79 Å². The van der Waals surface area contributed by atoms with Gasteiger partial charge in [-0.2, -0.15) is 0 Å². The first-order chi connectivity index (χ1) is 8.72. The van der Waals surface area contributed by atoms with Gasteiger partial charge in [-0.15, -0.1) is 0 Å². The maximum atomic E-state index is 11.6. The molecule has 0 spiro atoms. The van der Waals surface area contributed by atoms with Crippen molar-refractivity contribution in [1.29, 1.82) is 0 Å². The van der Waals surface area contributed by atoms with Crippen LogP contribution in [0.5, 0.6) is 0 Å². The fourth-order valence-electron chi connectivity index (χ4n) is 1.74. The van der Waals surface area contributed by atoms with Gasteiger partial charge in [-0.05, 0) is 18.6 Å². The minimum Gasteiger partial charge on any atom is -0.325 e. The Hall–Kier alpha value is -1.09. The van der Waals surface area contributed by atoms with E-state index in [0.717, 1.165) is 12.8 Å². The Labute approximate surface area is 114 Å². The molecular formula is C14H21ClN2O. The summed E-state index contributed by atoms with van der Waals surface area (Å²) in [5, 5.41) is 3.25. The summed E-state index contributed by atoms with van der Waals surface area (Å²) in [4.78, 5) is 15.5. The molecule has 0 saturated heterocycles. The van der Waals surface area contributed by atoms with Crippen LogP contribution in [0.15, 0.2) is 18.3 Å². The number of unbranched alkanes of at least 4 members (excludes halogenated alkanes) is 5. The second-order valence-corrected chi connectivity index (χ2v) is 4.82. The number of anilines is 1. The SMILES string of the molecule is CCCCCCCCC(=O)Nc1ccc(Cl)nc1. The Bertz CT molecular complexity index is 351. The van der Waals surface area contributed by atoms with Gasteiger partial charge in [0, 0.05) is 6.42 Å². The van der Waals surface area contributed by atoms with Crippen LogP contribution in [0.4, 0.5) is 5.69 Å². The largest absolute Gasteiger partial charge is 0.325 e. The van der Waals surface area contributed by atoms with Gasteiger partial charge in [0.05, 0.1) is 11.9 Å². The second-order valence-electron chi connectivity index (χ2n) is 4.44. The van der Waals surface area contributed by atoms with Crippen molar-refractivity contribution in [2.75, 3.05) is 5.32 Å². The summed E-state index contributed by atoms with van der Waals surface area (Å²) in [5.41, 5.74) is 0.704. The zero-order valence-electron chi connectivity index (χ0n) is 10.9. The molecular weight excluding hydrogens is 248 g/mol. The van der Waals surface area contributed by atoms with E-state index >= 15 is 0 Å². The molecule has 0 bridgehead atoms. The highest BCUT2D eigenvalue weighted by atomic mass is 35.5. The third-order valence-corrected chi connectivity index (χ3v) is 2.99. The third-order valence-electron chi connectivity index (χ3n) is 2.77. The number of halogens is 1. The van der Waals surface area contributed by atoms with E-state index in [9.17, 15) is 4.79 Å². The standard InChI is InChI=1S/C14H21ClN2O/c1-2-3-4-5-6-7-8-14(18)17-12-9-10-13(15)16-11-12/h9-11H,2-8H2,1H3,(H,17,18). The minimum absolute atomic E-state index is 0.0506. The predicted octanol–water partition coefficient (Wildman–Crippen LogP) is 4.42. The molecule has 1 aromatic heterocycles. The molecule has 1 heterocycles. The number of aromatic nitrogens is 1. The highest BCUT2D eigenvalue weighted by Gasteiger charge is 2.02. The van der Waals surface area contributed by atoms with Gasteiger partial charge in [-0.25, -0.2) is 4.98 Å². The molecule has 1 N–H and O–H groups in total. The molecule has 0 aliphatic heterocycles. The maximum absolute atomic E-state index is 11.6. The van der Waals surface area contributed by atoms with Crippen LogP contribution < -0.4 is 5.32 Å². The number of nitrogens with one attached hydrogen (secondary N) is 1. The Balaban J connectivity index is 2.12. The van der Waals surface area contributed by atoms with E-state index < -0.39 is 0 Å². The molecule has 0 fully saturated rings. The van der Waals surface area contributed by atoms with E-state index in [0.29, 0.717) is 17.3 Å². The van der Waals surface area contributed by atoms with Gasteiger partial charge in [0.15, 0.2) is 0 Å². The van der Waals surface area contributed by atoms with Crippen LogP contribution in [0, 0.1) is 0 Å². The number of rotatable bonds is 8. The molecule has 0 saturated carbocycles.